The van der Waals surface area contributed by atoms with E-state index >= 15 is 0 Å². The predicted molar refractivity (Wildman–Crippen MR) is 82.6 cm³/mol. The molecule has 1 aromatic carbocycles. The molecule has 1 aliphatic carbocycles. The van der Waals surface area contributed by atoms with Crippen LogP contribution in [0.5, 0.6) is 0 Å². The Morgan fingerprint density at radius 1 is 1.14 bits per heavy atom. The van der Waals surface area contributed by atoms with Crippen LogP contribution < -0.4 is 11.3 Å². The summed E-state index contributed by atoms with van der Waals surface area (Å²) in [5, 5.41) is 8.94. The Morgan fingerprint density at radius 3 is 2.81 bits per heavy atom. The molecule has 1 aliphatic rings. The first-order valence-electron chi connectivity index (χ1n) is 7.51. The molecule has 1 unspecified atom stereocenters. The van der Waals surface area contributed by atoms with Crippen molar-refractivity contribution in [2.75, 3.05) is 0 Å². The topological polar surface area (TPSA) is 68.8 Å². The van der Waals surface area contributed by atoms with Crippen LogP contribution in [0.2, 0.25) is 0 Å². The van der Waals surface area contributed by atoms with Crippen molar-refractivity contribution >= 4 is 0 Å². The summed E-state index contributed by atoms with van der Waals surface area (Å²) in [5.74, 6) is 5.77. The van der Waals surface area contributed by atoms with Crippen molar-refractivity contribution in [1.29, 1.82) is 0 Å². The van der Waals surface area contributed by atoms with Gasteiger partial charge in [0.1, 0.15) is 5.69 Å². The lowest BCUT2D eigenvalue weighted by Crippen LogP contribution is -2.30. The van der Waals surface area contributed by atoms with Crippen LogP contribution >= 0.6 is 0 Å². The van der Waals surface area contributed by atoms with Crippen LogP contribution in [0.1, 0.15) is 43.8 Å². The van der Waals surface area contributed by atoms with Crippen LogP contribution in [0, 0.1) is 0 Å². The molecule has 21 heavy (non-hydrogen) atoms. The smallest absolute Gasteiger partial charge is 0.106 e. The third kappa shape index (κ3) is 3.20. The number of hydrazine groups is 1. The molecule has 2 aromatic rings. The minimum atomic E-state index is -0.0411. The number of rotatable bonds is 4. The van der Waals surface area contributed by atoms with Crippen molar-refractivity contribution in [2.24, 2.45) is 5.84 Å². The van der Waals surface area contributed by atoms with E-state index in [0.29, 0.717) is 0 Å². The summed E-state index contributed by atoms with van der Waals surface area (Å²) in [5.41, 5.74) is 6.05. The Labute approximate surface area is 124 Å². The van der Waals surface area contributed by atoms with E-state index in [9.17, 15) is 0 Å². The molecule has 0 fully saturated rings. The molecule has 0 amide bonds. The van der Waals surface area contributed by atoms with E-state index in [1.54, 1.807) is 11.0 Å². The molecule has 0 saturated carbocycles. The molecule has 5 heteroatoms. The first-order chi connectivity index (χ1) is 10.4. The van der Waals surface area contributed by atoms with Gasteiger partial charge < -0.3 is 0 Å². The van der Waals surface area contributed by atoms with Gasteiger partial charge in [0, 0.05) is 0 Å². The van der Waals surface area contributed by atoms with E-state index in [2.05, 4.69) is 21.7 Å². The third-order valence-corrected chi connectivity index (χ3v) is 3.91. The van der Waals surface area contributed by atoms with E-state index in [0.717, 1.165) is 24.2 Å². The molecule has 1 heterocycles. The van der Waals surface area contributed by atoms with Gasteiger partial charge in [-0.1, -0.05) is 30.7 Å². The fraction of sp³-hybridized carbons (Fsp3) is 0.375. The van der Waals surface area contributed by atoms with Crippen molar-refractivity contribution in [3.05, 3.63) is 53.9 Å². The largest absolute Gasteiger partial charge is 0.271 e. The highest BCUT2D eigenvalue weighted by atomic mass is 15.5. The van der Waals surface area contributed by atoms with E-state index in [1.165, 1.54) is 24.8 Å². The minimum Gasteiger partial charge on any atom is -0.271 e. The van der Waals surface area contributed by atoms with Crippen molar-refractivity contribution in [1.82, 2.24) is 20.4 Å². The Kier molecular flexibility index (Phi) is 4.43. The molecular formula is C16H21N5. The number of aromatic nitrogens is 3. The van der Waals surface area contributed by atoms with Crippen molar-refractivity contribution in [3.63, 3.8) is 0 Å². The van der Waals surface area contributed by atoms with Crippen LogP contribution in [0.3, 0.4) is 0 Å². The zero-order valence-corrected chi connectivity index (χ0v) is 12.1. The lowest BCUT2D eigenvalue weighted by atomic mass is 10.0. The average Bonchev–Trinajstić information content (AvgIpc) is 2.86. The van der Waals surface area contributed by atoms with Crippen molar-refractivity contribution in [3.8, 4) is 5.69 Å². The molecule has 0 spiro atoms. The zero-order valence-electron chi connectivity index (χ0n) is 12.1. The fourth-order valence-electron chi connectivity index (χ4n) is 2.78. The van der Waals surface area contributed by atoms with Gasteiger partial charge in [0.15, 0.2) is 0 Å². The number of nitrogens with two attached hydrogens (primary N) is 1. The summed E-state index contributed by atoms with van der Waals surface area (Å²) < 4.78 is 0. The molecule has 0 radical (unpaired) electrons. The number of nitrogens with one attached hydrogen (secondary N) is 1. The summed E-state index contributed by atoms with van der Waals surface area (Å²) >= 11 is 0. The van der Waals surface area contributed by atoms with E-state index in [1.807, 2.05) is 30.3 Å². The van der Waals surface area contributed by atoms with Gasteiger partial charge in [0.2, 0.25) is 0 Å². The van der Waals surface area contributed by atoms with E-state index in [4.69, 9.17) is 5.84 Å². The van der Waals surface area contributed by atoms with Crippen LogP contribution in [-0.4, -0.2) is 15.0 Å². The van der Waals surface area contributed by atoms with Crippen LogP contribution in [0.25, 0.3) is 5.69 Å². The Bertz CT molecular complexity index is 602. The SMILES string of the molecule is NNC(C1=CCCCCC1)c1cnn(-c2ccccc2)n1. The molecule has 110 valence electrons. The number of hydrogen-bond acceptors (Lipinski definition) is 4. The van der Waals surface area contributed by atoms with Crippen molar-refractivity contribution in [2.45, 2.75) is 38.1 Å². The summed E-state index contributed by atoms with van der Waals surface area (Å²) in [7, 11) is 0. The molecule has 5 nitrogen and oxygen atoms in total. The maximum absolute atomic E-state index is 5.77. The second-order valence-corrected chi connectivity index (χ2v) is 5.37. The maximum atomic E-state index is 5.77. The molecule has 1 atom stereocenters. The van der Waals surface area contributed by atoms with Crippen LogP contribution in [-0.2, 0) is 0 Å². The van der Waals surface area contributed by atoms with Gasteiger partial charge in [0.25, 0.3) is 0 Å². The van der Waals surface area contributed by atoms with Gasteiger partial charge >= 0.3 is 0 Å². The predicted octanol–water partition coefficient (Wildman–Crippen LogP) is 2.66. The highest BCUT2D eigenvalue weighted by molar-refractivity contribution is 5.29. The quantitative estimate of drug-likeness (QED) is 0.514. The van der Waals surface area contributed by atoms with Gasteiger partial charge in [-0.15, -0.1) is 0 Å². The number of allylic oxidation sites excluding steroid dienone is 1. The Morgan fingerprint density at radius 2 is 2.00 bits per heavy atom. The summed E-state index contributed by atoms with van der Waals surface area (Å²) in [6.45, 7) is 0. The Balaban J connectivity index is 1.85. The summed E-state index contributed by atoms with van der Waals surface area (Å²) in [6.07, 6.45) is 10.1. The molecular weight excluding hydrogens is 262 g/mol. The molecule has 0 aliphatic heterocycles. The lowest BCUT2D eigenvalue weighted by Gasteiger charge is -2.16. The minimum absolute atomic E-state index is 0.0411. The van der Waals surface area contributed by atoms with Gasteiger partial charge in [-0.25, -0.2) is 5.43 Å². The number of nitrogens with zero attached hydrogens (tertiary/aromatic N) is 3. The second kappa shape index (κ2) is 6.65. The van der Waals surface area contributed by atoms with E-state index < -0.39 is 0 Å². The fourth-order valence-corrected chi connectivity index (χ4v) is 2.78. The van der Waals surface area contributed by atoms with Gasteiger partial charge in [-0.3, -0.25) is 5.84 Å². The first-order valence-corrected chi connectivity index (χ1v) is 7.51. The third-order valence-electron chi connectivity index (χ3n) is 3.91. The van der Waals surface area contributed by atoms with Gasteiger partial charge in [0.05, 0.1) is 17.9 Å². The highest BCUT2D eigenvalue weighted by Crippen LogP contribution is 2.27. The zero-order chi connectivity index (χ0) is 14.5. The molecule has 3 rings (SSSR count). The lowest BCUT2D eigenvalue weighted by molar-refractivity contribution is 0.573. The summed E-state index contributed by atoms with van der Waals surface area (Å²) in [4.78, 5) is 1.65. The highest BCUT2D eigenvalue weighted by Gasteiger charge is 2.19. The molecule has 3 N–H and O–H groups in total. The monoisotopic (exact) mass is 283 g/mol. The normalized spacial score (nSPS) is 17.1. The van der Waals surface area contributed by atoms with Gasteiger partial charge in [-0.2, -0.15) is 15.0 Å². The van der Waals surface area contributed by atoms with Crippen LogP contribution in [0.15, 0.2) is 48.2 Å². The second-order valence-electron chi connectivity index (χ2n) is 5.37. The van der Waals surface area contributed by atoms with E-state index in [-0.39, 0.29) is 6.04 Å². The number of hydrogen-bond donors (Lipinski definition) is 2. The van der Waals surface area contributed by atoms with Gasteiger partial charge in [-0.05, 0) is 43.4 Å². The first kappa shape index (κ1) is 14.0. The molecule has 1 aromatic heterocycles. The summed E-state index contributed by atoms with van der Waals surface area (Å²) in [6, 6.07) is 9.86. The Hall–Kier alpha value is -1.98. The average molecular weight is 283 g/mol. The van der Waals surface area contributed by atoms with Crippen molar-refractivity contribution < 1.29 is 0 Å². The molecule has 0 bridgehead atoms. The number of para-hydroxylation sites is 1. The standard InChI is InChI=1S/C16H21N5/c17-19-16(13-8-4-1-2-5-9-13)15-12-18-21(20-15)14-10-6-3-7-11-14/h3,6-8,10-12,16,19H,1-2,4-5,9,17H2. The molecule has 0 saturated heterocycles. The maximum Gasteiger partial charge on any atom is 0.106 e. The van der Waals surface area contributed by atoms with Crippen LogP contribution in [0.4, 0.5) is 0 Å². The number of benzene rings is 1.